The maximum atomic E-state index is 14.3. The van der Waals surface area contributed by atoms with E-state index in [1.807, 2.05) is 18.2 Å². The number of anilines is 2. The van der Waals surface area contributed by atoms with Crippen LogP contribution >= 0.6 is 34.5 Å². The summed E-state index contributed by atoms with van der Waals surface area (Å²) in [6, 6.07) is 15.8. The minimum atomic E-state index is -3.49. The number of fused-ring (bicyclic) bond motifs is 2. The second kappa shape index (κ2) is 14.3. The monoisotopic (exact) mass is 754 g/mol. The number of carbonyl (C=O) groups is 3. The number of nitrogen functional groups attached to an aromatic ring is 1. The van der Waals surface area contributed by atoms with Crippen molar-refractivity contribution >= 4 is 83.4 Å². The van der Waals surface area contributed by atoms with E-state index in [2.05, 4.69) is 20.9 Å². The molecule has 13 nitrogen and oxygen atoms in total. The summed E-state index contributed by atoms with van der Waals surface area (Å²) in [6.07, 6.45) is 6.17. The second-order valence-electron chi connectivity index (χ2n) is 11.9. The number of carbonyl (C=O) groups excluding carboxylic acids is 3. The van der Waals surface area contributed by atoms with Crippen molar-refractivity contribution < 1.29 is 22.8 Å². The molecule has 2 saturated heterocycles. The fraction of sp³-hybridized carbons (Fsp3) is 0.273. The van der Waals surface area contributed by atoms with Gasteiger partial charge in [-0.05, 0) is 47.0 Å². The van der Waals surface area contributed by atoms with Crippen LogP contribution in [0.3, 0.4) is 0 Å². The Morgan fingerprint density at radius 2 is 1.86 bits per heavy atom. The highest BCUT2D eigenvalue weighted by molar-refractivity contribution is 7.92. The van der Waals surface area contributed by atoms with Crippen molar-refractivity contribution in [2.24, 2.45) is 0 Å². The molecular weight excluding hydrogens is 723 g/mol. The number of nitrogens with zero attached hydrogens (tertiary/aromatic N) is 5. The number of hydrazine groups is 1. The summed E-state index contributed by atoms with van der Waals surface area (Å²) in [5.41, 5.74) is 9.24. The van der Waals surface area contributed by atoms with Gasteiger partial charge in [-0.3, -0.25) is 14.3 Å². The zero-order valence-corrected chi connectivity index (χ0v) is 29.8. The first-order chi connectivity index (χ1) is 23.8. The highest BCUT2D eigenvalue weighted by atomic mass is 35.5. The topological polar surface area (TPSA) is 161 Å². The van der Waals surface area contributed by atoms with E-state index >= 15 is 0 Å². The first-order valence-corrected chi connectivity index (χ1v) is 18.8. The molecule has 0 saturated carbocycles. The van der Waals surface area contributed by atoms with E-state index in [0.29, 0.717) is 37.5 Å². The molecule has 0 unspecified atom stereocenters. The van der Waals surface area contributed by atoms with Crippen LogP contribution in [-0.4, -0.2) is 89.2 Å². The number of benzene rings is 3. The lowest BCUT2D eigenvalue weighted by molar-refractivity contribution is -0.157. The third-order valence-corrected chi connectivity index (χ3v) is 10.5. The summed E-state index contributed by atoms with van der Waals surface area (Å²) in [5.74, 6) is 1.87. The fourth-order valence-electron chi connectivity index (χ4n) is 6.18. The summed E-state index contributed by atoms with van der Waals surface area (Å²) in [6.45, 7) is 0.0356. The summed E-state index contributed by atoms with van der Waals surface area (Å²) in [4.78, 5) is 49.4. The fourth-order valence-corrected chi connectivity index (χ4v) is 7.84. The lowest BCUT2D eigenvalue weighted by Crippen LogP contribution is -2.66. The van der Waals surface area contributed by atoms with Crippen LogP contribution in [0.15, 0.2) is 60.7 Å². The average Bonchev–Trinajstić information content (AvgIpc) is 3.61. The van der Waals surface area contributed by atoms with Gasteiger partial charge in [0.15, 0.2) is 5.13 Å². The van der Waals surface area contributed by atoms with Crippen LogP contribution in [0, 0.1) is 12.3 Å². The Bertz CT molecular complexity index is 2120. The largest absolute Gasteiger partial charge is 0.375 e. The van der Waals surface area contributed by atoms with Crippen molar-refractivity contribution in [3.05, 3.63) is 87.4 Å². The van der Waals surface area contributed by atoms with Gasteiger partial charge in [-0.15, -0.1) is 6.42 Å². The average molecular weight is 756 g/mol. The molecule has 2 fully saturated rings. The number of halogens is 2. The Kier molecular flexibility index (Phi) is 10.1. The standard InChI is InChI=1S/C33H32Cl2N8O5S2/c1-3-13-41(33(46)37-16-21-9-12-24(34)25(35)14-21)42-19-29(44)43-26(15-20-7-10-23(11-8-20)39-50(2,47)48)31(45)40(18-28(42)43)17-22-5-4-6-27-30(22)38-32(36)49-27/h1,4-12,14,26,28,39H,13,15-19H2,2H3,(H2,36,38)(H,37,46)/t26-,28+/m0/s1. The van der Waals surface area contributed by atoms with Gasteiger partial charge in [0.05, 0.1) is 46.2 Å². The molecule has 4 N–H and O–H groups in total. The molecule has 0 aliphatic carbocycles. The van der Waals surface area contributed by atoms with Crippen LogP contribution in [0.1, 0.15) is 16.7 Å². The molecule has 6 rings (SSSR count). The van der Waals surface area contributed by atoms with Crippen LogP contribution in [0.2, 0.25) is 10.0 Å². The van der Waals surface area contributed by atoms with Crippen LogP contribution in [0.25, 0.3) is 10.2 Å². The molecule has 4 aromatic rings. The minimum absolute atomic E-state index is 0.0788. The Morgan fingerprint density at radius 3 is 2.56 bits per heavy atom. The zero-order valence-electron chi connectivity index (χ0n) is 26.7. The molecule has 0 bridgehead atoms. The first kappa shape index (κ1) is 35.2. The van der Waals surface area contributed by atoms with E-state index < -0.39 is 28.3 Å². The minimum Gasteiger partial charge on any atom is -0.375 e. The molecule has 260 valence electrons. The normalized spacial score (nSPS) is 17.9. The zero-order chi connectivity index (χ0) is 35.7. The molecule has 3 aromatic carbocycles. The number of rotatable bonds is 10. The van der Waals surface area contributed by atoms with E-state index in [1.54, 1.807) is 52.4 Å². The number of urea groups is 1. The van der Waals surface area contributed by atoms with Gasteiger partial charge in [-0.25, -0.2) is 23.2 Å². The molecule has 50 heavy (non-hydrogen) atoms. The van der Waals surface area contributed by atoms with Gasteiger partial charge in [-0.1, -0.05) is 70.8 Å². The van der Waals surface area contributed by atoms with Crippen molar-refractivity contribution in [1.29, 1.82) is 0 Å². The van der Waals surface area contributed by atoms with Crippen molar-refractivity contribution in [2.75, 3.05) is 36.3 Å². The maximum absolute atomic E-state index is 14.3. The lowest BCUT2D eigenvalue weighted by Gasteiger charge is -2.46. The number of amides is 4. The SMILES string of the molecule is C#CCN(C(=O)NCc1ccc(Cl)c(Cl)c1)N1CC(=O)N2[C@@H](Cc3ccc(NS(C)(=O)=O)cc3)C(=O)N(Cc3cccc4sc(N)nc34)C[C@@H]21. The van der Waals surface area contributed by atoms with Crippen LogP contribution < -0.4 is 15.8 Å². The molecule has 2 aliphatic rings. The number of hydrogen-bond donors (Lipinski definition) is 3. The van der Waals surface area contributed by atoms with Crippen molar-refractivity contribution in [2.45, 2.75) is 31.7 Å². The van der Waals surface area contributed by atoms with Gasteiger partial charge in [0, 0.05) is 25.2 Å². The Labute approximate surface area is 302 Å². The van der Waals surface area contributed by atoms with Crippen molar-refractivity contribution in [1.82, 2.24) is 30.1 Å². The summed E-state index contributed by atoms with van der Waals surface area (Å²) in [7, 11) is -3.49. The number of nitrogens with two attached hydrogens (primary N) is 1. The molecule has 3 heterocycles. The third-order valence-electron chi connectivity index (χ3n) is 8.35. The van der Waals surface area contributed by atoms with Crippen molar-refractivity contribution in [3.63, 3.8) is 0 Å². The molecule has 4 amide bonds. The summed E-state index contributed by atoms with van der Waals surface area (Å²) in [5, 5.41) is 6.87. The molecule has 2 aliphatic heterocycles. The summed E-state index contributed by atoms with van der Waals surface area (Å²) < 4.78 is 26.7. The molecule has 0 spiro atoms. The Balaban J connectivity index is 1.31. The highest BCUT2D eigenvalue weighted by Crippen LogP contribution is 2.33. The quantitative estimate of drug-likeness (QED) is 0.207. The highest BCUT2D eigenvalue weighted by Gasteiger charge is 2.52. The van der Waals surface area contributed by atoms with Gasteiger partial charge in [0.2, 0.25) is 21.8 Å². The Hall–Kier alpha value is -4.59. The van der Waals surface area contributed by atoms with Crippen molar-refractivity contribution in [3.8, 4) is 12.3 Å². The number of aromatic nitrogens is 1. The molecule has 2 atom stereocenters. The predicted molar refractivity (Wildman–Crippen MR) is 193 cm³/mol. The number of thiazole rings is 1. The molecule has 1 aromatic heterocycles. The first-order valence-electron chi connectivity index (χ1n) is 15.3. The maximum Gasteiger partial charge on any atom is 0.333 e. The second-order valence-corrected chi connectivity index (χ2v) is 15.5. The van der Waals surface area contributed by atoms with Gasteiger partial charge in [-0.2, -0.15) is 5.01 Å². The third kappa shape index (κ3) is 7.59. The number of nitrogens with one attached hydrogen (secondary N) is 2. The van der Waals surface area contributed by atoms with E-state index in [-0.39, 0.29) is 51.0 Å². The molecule has 17 heteroatoms. The molecular formula is C33H32Cl2N8O5S2. The van der Waals surface area contributed by atoms with E-state index in [1.165, 1.54) is 21.2 Å². The Morgan fingerprint density at radius 1 is 1.12 bits per heavy atom. The predicted octanol–water partition coefficient (Wildman–Crippen LogP) is 3.74. The van der Waals surface area contributed by atoms with Gasteiger partial charge < -0.3 is 20.9 Å². The van der Waals surface area contributed by atoms with Gasteiger partial charge >= 0.3 is 6.03 Å². The number of hydrogen-bond acceptors (Lipinski definition) is 9. The number of terminal acetylenes is 1. The number of para-hydroxylation sites is 1. The van der Waals surface area contributed by atoms with Crippen LogP contribution in [0.4, 0.5) is 15.6 Å². The lowest BCUT2D eigenvalue weighted by atomic mass is 9.99. The number of piperazine rings is 1. The smallest absolute Gasteiger partial charge is 0.333 e. The van der Waals surface area contributed by atoms with E-state index in [0.717, 1.165) is 16.5 Å². The molecule has 0 radical (unpaired) electrons. The van der Waals surface area contributed by atoms with Gasteiger partial charge in [0.25, 0.3) is 0 Å². The van der Waals surface area contributed by atoms with Crippen LogP contribution in [0.5, 0.6) is 0 Å². The van der Waals surface area contributed by atoms with Crippen LogP contribution in [-0.2, 0) is 39.1 Å². The van der Waals surface area contributed by atoms with E-state index in [9.17, 15) is 22.8 Å². The number of sulfonamides is 1. The van der Waals surface area contributed by atoms with Gasteiger partial charge in [0.1, 0.15) is 12.2 Å². The van der Waals surface area contributed by atoms with E-state index in [4.69, 9.17) is 35.4 Å². The summed E-state index contributed by atoms with van der Waals surface area (Å²) >= 11 is 13.5.